The van der Waals surface area contributed by atoms with Gasteiger partial charge in [0.1, 0.15) is 10.6 Å². The van der Waals surface area contributed by atoms with Crippen LogP contribution in [0, 0.1) is 17.2 Å². The number of hydrogen-bond acceptors (Lipinski definition) is 7. The number of rotatable bonds is 7. The molecular formula is C17H19N3O6S. The normalized spacial score (nSPS) is 16.6. The molecule has 1 atom stereocenters. The highest BCUT2D eigenvalue weighted by atomic mass is 32.2. The second-order valence-electron chi connectivity index (χ2n) is 5.63. The fourth-order valence-electron chi connectivity index (χ4n) is 2.47. The Morgan fingerprint density at radius 1 is 1.37 bits per heavy atom. The van der Waals surface area contributed by atoms with E-state index in [4.69, 9.17) is 20.5 Å². The minimum Gasteiger partial charge on any atom is -0.495 e. The molecule has 1 heterocycles. The molecular weight excluding hydrogens is 374 g/mol. The van der Waals surface area contributed by atoms with Crippen molar-refractivity contribution < 1.29 is 27.5 Å². The number of nitrogens with two attached hydrogens (primary N) is 1. The second kappa shape index (κ2) is 8.77. The van der Waals surface area contributed by atoms with Crippen molar-refractivity contribution in [1.29, 1.82) is 5.26 Å². The number of benzene rings is 1. The lowest BCUT2D eigenvalue weighted by molar-refractivity contribution is -0.127. The fraction of sp³-hybridized carbons (Fsp3) is 0.353. The summed E-state index contributed by atoms with van der Waals surface area (Å²) in [4.78, 5) is 22.9. The van der Waals surface area contributed by atoms with Crippen LogP contribution in [0.5, 0.6) is 5.75 Å². The van der Waals surface area contributed by atoms with Crippen molar-refractivity contribution in [2.24, 2.45) is 11.7 Å². The van der Waals surface area contributed by atoms with Gasteiger partial charge in [0.05, 0.1) is 26.4 Å². The quantitative estimate of drug-likeness (QED) is 0.505. The zero-order chi connectivity index (χ0) is 20.0. The average molecular weight is 393 g/mol. The largest absolute Gasteiger partial charge is 0.495 e. The molecule has 1 aliphatic rings. The van der Waals surface area contributed by atoms with Gasteiger partial charge in [0, 0.05) is 13.1 Å². The first-order valence-electron chi connectivity index (χ1n) is 7.98. The van der Waals surface area contributed by atoms with E-state index < -0.39 is 27.6 Å². The van der Waals surface area contributed by atoms with Crippen LogP contribution in [0.3, 0.4) is 0 Å². The molecule has 10 heteroatoms. The third-order valence-corrected chi connectivity index (χ3v) is 5.83. The van der Waals surface area contributed by atoms with Crippen LogP contribution in [-0.4, -0.2) is 57.8 Å². The number of allylic oxidation sites excluding steroid dienone is 1. The number of carbonyl (C=O) groups excluding carboxylic acids is 2. The van der Waals surface area contributed by atoms with E-state index >= 15 is 0 Å². The summed E-state index contributed by atoms with van der Waals surface area (Å²) >= 11 is 0. The van der Waals surface area contributed by atoms with Gasteiger partial charge in [-0.1, -0.05) is 12.1 Å². The Kier molecular flexibility index (Phi) is 6.68. The highest BCUT2D eigenvalue weighted by molar-refractivity contribution is 7.89. The fourth-order valence-corrected chi connectivity index (χ4v) is 4.07. The average Bonchev–Trinajstić information content (AvgIpc) is 2.67. The molecule has 1 fully saturated rings. The molecule has 144 valence electrons. The van der Waals surface area contributed by atoms with Gasteiger partial charge in [-0.3, -0.25) is 9.59 Å². The molecule has 0 bridgehead atoms. The van der Waals surface area contributed by atoms with Crippen LogP contribution in [0.15, 0.2) is 29.2 Å². The van der Waals surface area contributed by atoms with Crippen molar-refractivity contribution in [3.05, 3.63) is 29.8 Å². The summed E-state index contributed by atoms with van der Waals surface area (Å²) in [6.07, 6.45) is 2.33. The van der Waals surface area contributed by atoms with Crippen molar-refractivity contribution in [2.45, 2.75) is 4.90 Å². The Morgan fingerprint density at radius 2 is 2.04 bits per heavy atom. The molecule has 2 rings (SSSR count). The number of primary amides is 1. The molecule has 1 unspecified atom stereocenters. The van der Waals surface area contributed by atoms with Gasteiger partial charge in [-0.05, 0) is 23.8 Å². The van der Waals surface area contributed by atoms with Gasteiger partial charge in [0.15, 0.2) is 11.7 Å². The van der Waals surface area contributed by atoms with Gasteiger partial charge in [-0.25, -0.2) is 8.42 Å². The van der Waals surface area contributed by atoms with Crippen LogP contribution >= 0.6 is 0 Å². The van der Waals surface area contributed by atoms with Crippen molar-refractivity contribution in [1.82, 2.24) is 4.31 Å². The number of sulfonamides is 1. The molecule has 1 amide bonds. The third kappa shape index (κ3) is 4.71. The lowest BCUT2D eigenvalue weighted by Crippen LogP contribution is -2.40. The van der Waals surface area contributed by atoms with E-state index in [1.54, 1.807) is 6.07 Å². The number of hydrogen-bond donors (Lipinski definition) is 1. The summed E-state index contributed by atoms with van der Waals surface area (Å²) in [6, 6.07) is 5.90. The maximum atomic E-state index is 12.9. The monoisotopic (exact) mass is 393 g/mol. The number of carbonyl (C=O) groups is 2. The molecule has 1 aliphatic heterocycles. The van der Waals surface area contributed by atoms with E-state index in [9.17, 15) is 18.0 Å². The Hall–Kier alpha value is -2.74. The Morgan fingerprint density at radius 3 is 2.59 bits per heavy atom. The Bertz CT molecular complexity index is 898. The minimum absolute atomic E-state index is 0.0479. The van der Waals surface area contributed by atoms with Crippen molar-refractivity contribution in [3.63, 3.8) is 0 Å². The zero-order valence-corrected chi connectivity index (χ0v) is 15.4. The third-order valence-electron chi connectivity index (χ3n) is 3.91. The van der Waals surface area contributed by atoms with Crippen LogP contribution < -0.4 is 10.5 Å². The number of nitrogens with zero attached hydrogens (tertiary/aromatic N) is 2. The molecule has 0 aromatic heterocycles. The van der Waals surface area contributed by atoms with Gasteiger partial charge in [-0.15, -0.1) is 0 Å². The highest BCUT2D eigenvalue weighted by Gasteiger charge is 2.29. The van der Waals surface area contributed by atoms with Crippen LogP contribution in [0.25, 0.3) is 6.08 Å². The molecule has 1 aromatic rings. The maximum Gasteiger partial charge on any atom is 0.246 e. The molecule has 1 aromatic carbocycles. The predicted octanol–water partition coefficient (Wildman–Crippen LogP) is -0.0765. The van der Waals surface area contributed by atoms with E-state index in [1.165, 1.54) is 35.7 Å². The van der Waals surface area contributed by atoms with Gasteiger partial charge >= 0.3 is 0 Å². The second-order valence-corrected chi connectivity index (χ2v) is 7.53. The van der Waals surface area contributed by atoms with Crippen LogP contribution in [-0.2, 0) is 24.3 Å². The van der Waals surface area contributed by atoms with Gasteiger partial charge in [0.25, 0.3) is 0 Å². The summed E-state index contributed by atoms with van der Waals surface area (Å²) < 4.78 is 37.4. The topological polar surface area (TPSA) is 140 Å². The van der Waals surface area contributed by atoms with Gasteiger partial charge in [0.2, 0.25) is 15.9 Å². The Labute approximate surface area is 157 Å². The molecule has 0 radical (unpaired) electrons. The summed E-state index contributed by atoms with van der Waals surface area (Å²) in [5, 5.41) is 8.81. The molecule has 27 heavy (non-hydrogen) atoms. The number of morpholine rings is 1. The minimum atomic E-state index is -3.82. The molecule has 0 aliphatic carbocycles. The highest BCUT2D eigenvalue weighted by Crippen LogP contribution is 2.28. The number of methoxy groups -OCH3 is 1. The van der Waals surface area contributed by atoms with Crippen LogP contribution in [0.4, 0.5) is 0 Å². The van der Waals surface area contributed by atoms with Crippen LogP contribution in [0.2, 0.25) is 0 Å². The number of ketones is 1. The van der Waals surface area contributed by atoms with E-state index in [2.05, 4.69) is 0 Å². The maximum absolute atomic E-state index is 12.9. The van der Waals surface area contributed by atoms with E-state index in [0.717, 1.165) is 6.08 Å². The zero-order valence-electron chi connectivity index (χ0n) is 14.6. The number of amides is 1. The number of nitriles is 1. The molecule has 2 N–H and O–H groups in total. The summed E-state index contributed by atoms with van der Waals surface area (Å²) in [6.45, 7) is 1.07. The van der Waals surface area contributed by atoms with E-state index in [0.29, 0.717) is 18.8 Å². The number of ether oxygens (including phenoxy) is 2. The van der Waals surface area contributed by atoms with Crippen LogP contribution in [0.1, 0.15) is 5.56 Å². The van der Waals surface area contributed by atoms with Crippen molar-refractivity contribution in [3.8, 4) is 11.8 Å². The predicted molar refractivity (Wildman–Crippen MR) is 94.9 cm³/mol. The lowest BCUT2D eigenvalue weighted by Gasteiger charge is -2.26. The van der Waals surface area contributed by atoms with Gasteiger partial charge < -0.3 is 15.2 Å². The SMILES string of the molecule is COc1ccc(/C=C/C(=O)C(C#N)C(N)=O)cc1S(=O)(=O)N1CCOCC1. The summed E-state index contributed by atoms with van der Waals surface area (Å²) in [7, 11) is -2.46. The molecule has 9 nitrogen and oxygen atoms in total. The van der Waals surface area contributed by atoms with E-state index in [1.807, 2.05) is 0 Å². The van der Waals surface area contributed by atoms with Crippen molar-refractivity contribution >= 4 is 27.8 Å². The standard InChI is InChI=1S/C17H19N3O6S/c1-25-15-5-3-12(2-4-14(21)13(11-18)17(19)22)10-16(15)27(23,24)20-6-8-26-9-7-20/h2-5,10,13H,6-9H2,1H3,(H2,19,22)/b4-2+. The first kappa shape index (κ1) is 20.6. The smallest absolute Gasteiger partial charge is 0.246 e. The summed E-state index contributed by atoms with van der Waals surface area (Å²) in [5.74, 6) is -3.25. The first-order chi connectivity index (χ1) is 12.8. The lowest BCUT2D eigenvalue weighted by atomic mass is 10.0. The van der Waals surface area contributed by atoms with Crippen molar-refractivity contribution in [2.75, 3.05) is 33.4 Å². The molecule has 0 saturated carbocycles. The summed E-state index contributed by atoms with van der Waals surface area (Å²) in [5.41, 5.74) is 5.38. The first-order valence-corrected chi connectivity index (χ1v) is 9.42. The molecule has 1 saturated heterocycles. The molecule has 0 spiro atoms. The Balaban J connectivity index is 2.35. The van der Waals surface area contributed by atoms with Gasteiger partial charge in [-0.2, -0.15) is 9.57 Å². The van der Waals surface area contributed by atoms with E-state index in [-0.39, 0.29) is 23.7 Å².